The molecule has 0 heterocycles. The Morgan fingerprint density at radius 3 is 1.55 bits per heavy atom. The van der Waals surface area contributed by atoms with Crippen LogP contribution in [0.5, 0.6) is 0 Å². The predicted molar refractivity (Wildman–Crippen MR) is 85.0 cm³/mol. The summed E-state index contributed by atoms with van der Waals surface area (Å²) in [5.41, 5.74) is 0. The van der Waals surface area contributed by atoms with Gasteiger partial charge in [0.1, 0.15) is 0 Å². The Labute approximate surface area is 128 Å². The molecule has 0 saturated heterocycles. The Bertz CT molecular complexity index is 734. The maximum Gasteiger partial charge on any atom is 0.195 e. The summed E-state index contributed by atoms with van der Waals surface area (Å²) in [5.74, 6) is -3.70. The molecule has 0 nitrogen and oxygen atoms in total. The third-order valence-electron chi connectivity index (χ3n) is 3.28. The van der Waals surface area contributed by atoms with Gasteiger partial charge in [-0.3, -0.25) is 0 Å². The van der Waals surface area contributed by atoms with E-state index in [9.17, 15) is 13.2 Å². The van der Waals surface area contributed by atoms with Crippen LogP contribution in [-0.4, -0.2) is 0 Å². The predicted octanol–water partition coefficient (Wildman–Crippen LogP) is 3.86. The molecule has 0 aliphatic rings. The molecule has 4 heteroatoms. The molecule has 0 spiro atoms. The van der Waals surface area contributed by atoms with Crippen molar-refractivity contribution in [3.8, 4) is 0 Å². The van der Waals surface area contributed by atoms with E-state index >= 15 is 0 Å². The van der Waals surface area contributed by atoms with Gasteiger partial charge in [0.25, 0.3) is 0 Å². The highest BCUT2D eigenvalue weighted by Crippen LogP contribution is 2.34. The minimum Gasteiger partial charge on any atom is -0.204 e. The number of halogens is 3. The van der Waals surface area contributed by atoms with Crippen LogP contribution in [0.4, 0.5) is 13.2 Å². The molecule has 3 aromatic carbocycles. The zero-order chi connectivity index (χ0) is 15.5. The van der Waals surface area contributed by atoms with E-state index in [4.69, 9.17) is 0 Å². The lowest BCUT2D eigenvalue weighted by molar-refractivity contribution is 0.451. The number of hydrogen-bond acceptors (Lipinski definition) is 0. The summed E-state index contributed by atoms with van der Waals surface area (Å²) in [5, 5.41) is 1.95. The van der Waals surface area contributed by atoms with Crippen LogP contribution in [0, 0.1) is 17.5 Å². The summed E-state index contributed by atoms with van der Waals surface area (Å²) in [6.45, 7) is 0. The quantitative estimate of drug-likeness (QED) is 0.508. The van der Waals surface area contributed by atoms with Gasteiger partial charge in [0, 0.05) is 5.30 Å². The molecule has 0 fully saturated rings. The second kappa shape index (κ2) is 6.33. The Balaban J connectivity index is 2.21. The lowest BCUT2D eigenvalue weighted by Crippen LogP contribution is -2.24. The molecule has 3 rings (SSSR count). The summed E-state index contributed by atoms with van der Waals surface area (Å²) in [6.07, 6.45) is 0. The summed E-state index contributed by atoms with van der Waals surface area (Å²) in [4.78, 5) is 0. The van der Waals surface area contributed by atoms with E-state index in [0.29, 0.717) is 0 Å². The van der Waals surface area contributed by atoms with Crippen LogP contribution in [0.1, 0.15) is 0 Å². The second-order valence-corrected chi connectivity index (χ2v) is 6.89. The molecule has 0 bridgehead atoms. The van der Waals surface area contributed by atoms with E-state index in [1.54, 1.807) is 0 Å². The molecule has 0 saturated carbocycles. The molecular formula is C18H12F3P. The van der Waals surface area contributed by atoms with Crippen LogP contribution in [0.3, 0.4) is 0 Å². The summed E-state index contributed by atoms with van der Waals surface area (Å²) in [7, 11) is -1.28. The smallest absolute Gasteiger partial charge is 0.195 e. The van der Waals surface area contributed by atoms with Crippen molar-refractivity contribution in [3.63, 3.8) is 0 Å². The average Bonchev–Trinajstić information content (AvgIpc) is 2.57. The minimum absolute atomic E-state index is 0.186. The Morgan fingerprint density at radius 1 is 0.545 bits per heavy atom. The van der Waals surface area contributed by atoms with Gasteiger partial charge in [-0.25, -0.2) is 13.2 Å². The van der Waals surface area contributed by atoms with Crippen LogP contribution in [0.25, 0.3) is 0 Å². The largest absolute Gasteiger partial charge is 0.204 e. The third-order valence-corrected chi connectivity index (χ3v) is 5.74. The second-order valence-electron chi connectivity index (χ2n) is 4.70. The van der Waals surface area contributed by atoms with Gasteiger partial charge >= 0.3 is 0 Å². The van der Waals surface area contributed by atoms with Crippen molar-refractivity contribution in [3.05, 3.63) is 90.2 Å². The topological polar surface area (TPSA) is 0 Å². The monoisotopic (exact) mass is 316 g/mol. The highest BCUT2D eigenvalue weighted by molar-refractivity contribution is 7.79. The molecule has 0 N–H and O–H groups in total. The van der Waals surface area contributed by atoms with Crippen molar-refractivity contribution < 1.29 is 13.2 Å². The first-order valence-electron chi connectivity index (χ1n) is 6.72. The standard InChI is InChI=1S/C18H12F3P/c19-15-11-12-16(18(21)17(15)20)22(13-7-3-1-4-8-13)14-9-5-2-6-10-14/h1-12H. The fourth-order valence-electron chi connectivity index (χ4n) is 2.27. The number of rotatable bonds is 3. The van der Waals surface area contributed by atoms with E-state index in [1.165, 1.54) is 6.07 Å². The maximum atomic E-state index is 14.3. The Hall–Kier alpha value is -2.12. The van der Waals surface area contributed by atoms with Crippen LogP contribution < -0.4 is 15.9 Å². The summed E-state index contributed by atoms with van der Waals surface area (Å²) in [6, 6.07) is 21.0. The van der Waals surface area contributed by atoms with Crippen molar-refractivity contribution in [2.24, 2.45) is 0 Å². The van der Waals surface area contributed by atoms with Crippen LogP contribution in [0.15, 0.2) is 72.8 Å². The van der Waals surface area contributed by atoms with Gasteiger partial charge in [-0.2, -0.15) is 0 Å². The lowest BCUT2D eigenvalue weighted by atomic mass is 10.3. The van der Waals surface area contributed by atoms with Gasteiger partial charge in [-0.15, -0.1) is 0 Å². The number of benzene rings is 3. The fraction of sp³-hybridized carbons (Fsp3) is 0. The van der Waals surface area contributed by atoms with Gasteiger partial charge < -0.3 is 0 Å². The zero-order valence-electron chi connectivity index (χ0n) is 11.5. The summed E-state index contributed by atoms with van der Waals surface area (Å²) >= 11 is 0. The van der Waals surface area contributed by atoms with E-state index in [1.807, 2.05) is 60.7 Å². The van der Waals surface area contributed by atoms with E-state index < -0.39 is 25.4 Å². The van der Waals surface area contributed by atoms with Crippen LogP contribution >= 0.6 is 7.92 Å². The van der Waals surface area contributed by atoms with Gasteiger partial charge in [0.15, 0.2) is 17.5 Å². The van der Waals surface area contributed by atoms with Crippen molar-refractivity contribution in [2.45, 2.75) is 0 Å². The van der Waals surface area contributed by atoms with Crippen LogP contribution in [0.2, 0.25) is 0 Å². The first-order chi connectivity index (χ1) is 10.7. The minimum atomic E-state index is -1.42. The molecule has 0 radical (unpaired) electrons. The number of hydrogen-bond donors (Lipinski definition) is 0. The van der Waals surface area contributed by atoms with Crippen molar-refractivity contribution in [1.82, 2.24) is 0 Å². The molecule has 22 heavy (non-hydrogen) atoms. The molecule has 0 aliphatic carbocycles. The highest BCUT2D eigenvalue weighted by atomic mass is 31.1. The molecule has 0 atom stereocenters. The third kappa shape index (κ3) is 2.77. The summed E-state index contributed by atoms with van der Waals surface area (Å²) < 4.78 is 41.1. The Morgan fingerprint density at radius 2 is 1.05 bits per heavy atom. The van der Waals surface area contributed by atoms with E-state index in [-0.39, 0.29) is 5.30 Å². The molecule has 0 amide bonds. The SMILES string of the molecule is Fc1ccc(P(c2ccccc2)c2ccccc2)c(F)c1F. The Kier molecular flexibility index (Phi) is 4.26. The average molecular weight is 316 g/mol. The van der Waals surface area contributed by atoms with Crippen molar-refractivity contribution in [1.29, 1.82) is 0 Å². The van der Waals surface area contributed by atoms with E-state index in [0.717, 1.165) is 16.7 Å². The normalized spacial score (nSPS) is 10.9. The highest BCUT2D eigenvalue weighted by Gasteiger charge is 2.23. The fourth-order valence-corrected chi connectivity index (χ4v) is 4.58. The molecule has 0 unspecified atom stereocenters. The molecular weight excluding hydrogens is 304 g/mol. The lowest BCUT2D eigenvalue weighted by Gasteiger charge is -2.20. The van der Waals surface area contributed by atoms with E-state index in [2.05, 4.69) is 0 Å². The van der Waals surface area contributed by atoms with Gasteiger partial charge in [0.2, 0.25) is 0 Å². The molecule has 0 aliphatic heterocycles. The maximum absolute atomic E-state index is 14.3. The molecule has 3 aromatic rings. The zero-order valence-corrected chi connectivity index (χ0v) is 12.4. The first-order valence-corrected chi connectivity index (χ1v) is 8.06. The van der Waals surface area contributed by atoms with Gasteiger partial charge in [-0.05, 0) is 30.7 Å². The molecule has 110 valence electrons. The van der Waals surface area contributed by atoms with Gasteiger partial charge in [0.05, 0.1) is 0 Å². The van der Waals surface area contributed by atoms with Crippen molar-refractivity contribution in [2.75, 3.05) is 0 Å². The molecule has 0 aromatic heterocycles. The first kappa shape index (κ1) is 14.8. The van der Waals surface area contributed by atoms with Gasteiger partial charge in [-0.1, -0.05) is 60.7 Å². The van der Waals surface area contributed by atoms with Crippen molar-refractivity contribution >= 4 is 23.8 Å². The van der Waals surface area contributed by atoms with Crippen LogP contribution in [-0.2, 0) is 0 Å².